The van der Waals surface area contributed by atoms with E-state index in [1.54, 1.807) is 12.4 Å². The van der Waals surface area contributed by atoms with Gasteiger partial charge in [-0.1, -0.05) is 23.7 Å². The van der Waals surface area contributed by atoms with E-state index in [4.69, 9.17) is 17.3 Å². The molecule has 106 valence electrons. The minimum Gasteiger partial charge on any atom is -0.326 e. The number of pyridine rings is 1. The summed E-state index contributed by atoms with van der Waals surface area (Å²) in [6.45, 7) is 2.86. The van der Waals surface area contributed by atoms with Gasteiger partial charge in [0, 0.05) is 36.0 Å². The Morgan fingerprint density at radius 3 is 2.30 bits per heavy atom. The fourth-order valence-electron chi connectivity index (χ4n) is 2.50. The molecule has 2 aromatic rings. The number of hydrogen-bond acceptors (Lipinski definition) is 3. The zero-order valence-electron chi connectivity index (χ0n) is 11.8. The summed E-state index contributed by atoms with van der Waals surface area (Å²) in [5.74, 6) is 0. The van der Waals surface area contributed by atoms with Crippen molar-refractivity contribution in [3.05, 3.63) is 64.9 Å². The van der Waals surface area contributed by atoms with Gasteiger partial charge in [-0.2, -0.15) is 0 Å². The van der Waals surface area contributed by atoms with Crippen molar-refractivity contribution in [2.24, 2.45) is 5.73 Å². The average Bonchev–Trinajstić information content (AvgIpc) is 2.42. The van der Waals surface area contributed by atoms with Crippen LogP contribution in [0.4, 0.5) is 0 Å². The van der Waals surface area contributed by atoms with Gasteiger partial charge < -0.3 is 5.73 Å². The van der Waals surface area contributed by atoms with E-state index < -0.39 is 0 Å². The molecule has 2 N–H and O–H groups in total. The van der Waals surface area contributed by atoms with Crippen LogP contribution < -0.4 is 5.73 Å². The van der Waals surface area contributed by atoms with Gasteiger partial charge in [0.1, 0.15) is 0 Å². The van der Waals surface area contributed by atoms with Crippen LogP contribution in [0, 0.1) is 0 Å². The summed E-state index contributed by atoms with van der Waals surface area (Å²) < 4.78 is 0. The van der Waals surface area contributed by atoms with Gasteiger partial charge in [-0.25, -0.2) is 0 Å². The molecule has 0 aliphatic rings. The highest BCUT2D eigenvalue weighted by Crippen LogP contribution is 2.23. The van der Waals surface area contributed by atoms with Gasteiger partial charge in [0.2, 0.25) is 0 Å². The van der Waals surface area contributed by atoms with Crippen LogP contribution >= 0.6 is 11.6 Å². The van der Waals surface area contributed by atoms with Crippen LogP contribution in [0.25, 0.3) is 0 Å². The Morgan fingerprint density at radius 1 is 1.15 bits per heavy atom. The predicted octanol–water partition coefficient (Wildman–Crippen LogP) is 3.26. The minimum absolute atomic E-state index is 0.0368. The number of hydrogen-bond donors (Lipinski definition) is 1. The summed E-state index contributed by atoms with van der Waals surface area (Å²) in [7, 11) is 2.09. The molecule has 4 heteroatoms. The molecule has 0 aliphatic heterocycles. The molecule has 1 heterocycles. The third-order valence-electron chi connectivity index (χ3n) is 3.37. The van der Waals surface area contributed by atoms with E-state index in [0.717, 1.165) is 11.6 Å². The van der Waals surface area contributed by atoms with Crippen LogP contribution in [0.5, 0.6) is 0 Å². The van der Waals surface area contributed by atoms with E-state index in [1.807, 2.05) is 43.3 Å². The Morgan fingerprint density at radius 2 is 1.75 bits per heavy atom. The Hall–Kier alpha value is -1.42. The van der Waals surface area contributed by atoms with E-state index in [2.05, 4.69) is 16.9 Å². The van der Waals surface area contributed by atoms with Crippen LogP contribution in [0.3, 0.4) is 0 Å². The first kappa shape index (κ1) is 15.0. The molecule has 0 fully saturated rings. The number of rotatable bonds is 5. The summed E-state index contributed by atoms with van der Waals surface area (Å²) in [5.41, 5.74) is 8.57. The third-order valence-corrected chi connectivity index (χ3v) is 3.62. The maximum absolute atomic E-state index is 6.16. The van der Waals surface area contributed by atoms with Crippen LogP contribution in [0.15, 0.2) is 48.8 Å². The highest BCUT2D eigenvalue weighted by atomic mass is 35.5. The van der Waals surface area contributed by atoms with Crippen molar-refractivity contribution in [2.75, 3.05) is 7.05 Å². The molecule has 0 radical (unpaired) electrons. The summed E-state index contributed by atoms with van der Waals surface area (Å²) in [4.78, 5) is 6.32. The first-order valence-electron chi connectivity index (χ1n) is 6.68. The smallest absolute Gasteiger partial charge is 0.0498 e. The number of nitrogens with zero attached hydrogens (tertiary/aromatic N) is 2. The van der Waals surface area contributed by atoms with Crippen molar-refractivity contribution in [2.45, 2.75) is 25.6 Å². The summed E-state index contributed by atoms with van der Waals surface area (Å²) in [5, 5.41) is 0.759. The average molecular weight is 290 g/mol. The lowest BCUT2D eigenvalue weighted by molar-refractivity contribution is 0.211. The first-order chi connectivity index (χ1) is 9.58. The highest BCUT2D eigenvalue weighted by molar-refractivity contribution is 6.30. The molecule has 2 rings (SSSR count). The molecule has 0 spiro atoms. The number of nitrogens with two attached hydrogens (primary N) is 1. The van der Waals surface area contributed by atoms with E-state index in [-0.39, 0.29) is 12.1 Å². The van der Waals surface area contributed by atoms with Crippen molar-refractivity contribution in [3.63, 3.8) is 0 Å². The van der Waals surface area contributed by atoms with Gasteiger partial charge in [-0.3, -0.25) is 9.88 Å². The number of benzene rings is 1. The van der Waals surface area contributed by atoms with Crippen molar-refractivity contribution in [1.82, 2.24) is 9.88 Å². The largest absolute Gasteiger partial charge is 0.326 e. The fourth-order valence-corrected chi connectivity index (χ4v) is 2.62. The maximum Gasteiger partial charge on any atom is 0.0498 e. The maximum atomic E-state index is 6.16. The Kier molecular flexibility index (Phi) is 5.12. The van der Waals surface area contributed by atoms with Gasteiger partial charge in [0.05, 0.1) is 0 Å². The van der Waals surface area contributed by atoms with Gasteiger partial charge in [-0.05, 0) is 49.4 Å². The second-order valence-corrected chi connectivity index (χ2v) is 5.56. The van der Waals surface area contributed by atoms with E-state index >= 15 is 0 Å². The predicted molar refractivity (Wildman–Crippen MR) is 83.5 cm³/mol. The number of aromatic nitrogens is 1. The highest BCUT2D eigenvalue weighted by Gasteiger charge is 2.21. The van der Waals surface area contributed by atoms with E-state index in [1.165, 1.54) is 11.1 Å². The van der Waals surface area contributed by atoms with Crippen LogP contribution in [0.2, 0.25) is 5.02 Å². The standard InChI is InChI=1S/C16H20ClN3/c1-12(18)16(14-7-9-19-10-8-14)20(2)11-13-3-5-15(17)6-4-13/h3-10,12,16H,11,18H2,1-2H3. The second kappa shape index (κ2) is 6.84. The van der Waals surface area contributed by atoms with Crippen LogP contribution in [-0.4, -0.2) is 23.0 Å². The SMILES string of the molecule is CC(N)C(c1ccncc1)N(C)Cc1ccc(Cl)cc1. The van der Waals surface area contributed by atoms with Gasteiger partial charge in [0.15, 0.2) is 0 Å². The van der Waals surface area contributed by atoms with Crippen molar-refractivity contribution < 1.29 is 0 Å². The van der Waals surface area contributed by atoms with Gasteiger partial charge in [0.25, 0.3) is 0 Å². The quantitative estimate of drug-likeness (QED) is 0.919. The first-order valence-corrected chi connectivity index (χ1v) is 7.06. The molecule has 1 aromatic heterocycles. The molecule has 2 atom stereocenters. The molecule has 0 aliphatic carbocycles. The van der Waals surface area contributed by atoms with Crippen LogP contribution in [-0.2, 0) is 6.54 Å². The molecular formula is C16H20ClN3. The lowest BCUT2D eigenvalue weighted by Gasteiger charge is -2.31. The summed E-state index contributed by atoms with van der Waals surface area (Å²) >= 11 is 5.92. The van der Waals surface area contributed by atoms with Crippen molar-refractivity contribution in [3.8, 4) is 0 Å². The van der Waals surface area contributed by atoms with E-state index in [9.17, 15) is 0 Å². The zero-order valence-corrected chi connectivity index (χ0v) is 12.6. The second-order valence-electron chi connectivity index (χ2n) is 5.13. The monoisotopic (exact) mass is 289 g/mol. The normalized spacial score (nSPS) is 14.2. The number of halogens is 1. The Balaban J connectivity index is 2.15. The van der Waals surface area contributed by atoms with Crippen LogP contribution in [0.1, 0.15) is 24.1 Å². The molecule has 0 bridgehead atoms. The third kappa shape index (κ3) is 3.79. The molecule has 2 unspecified atom stereocenters. The topological polar surface area (TPSA) is 42.1 Å². The van der Waals surface area contributed by atoms with Gasteiger partial charge in [-0.15, -0.1) is 0 Å². The summed E-state index contributed by atoms with van der Waals surface area (Å²) in [6.07, 6.45) is 3.61. The zero-order chi connectivity index (χ0) is 14.5. The lowest BCUT2D eigenvalue weighted by Crippen LogP contribution is -2.36. The molecule has 20 heavy (non-hydrogen) atoms. The molecule has 0 amide bonds. The van der Waals surface area contributed by atoms with E-state index in [0.29, 0.717) is 0 Å². The molecule has 0 saturated heterocycles. The Labute approximate surface area is 125 Å². The molecular weight excluding hydrogens is 270 g/mol. The fraction of sp³-hybridized carbons (Fsp3) is 0.312. The molecule has 3 nitrogen and oxygen atoms in total. The molecule has 1 aromatic carbocycles. The van der Waals surface area contributed by atoms with Gasteiger partial charge >= 0.3 is 0 Å². The van der Waals surface area contributed by atoms with Crippen molar-refractivity contribution >= 4 is 11.6 Å². The lowest BCUT2D eigenvalue weighted by atomic mass is 10.00. The number of likely N-dealkylation sites (N-methyl/N-ethyl adjacent to an activating group) is 1. The minimum atomic E-state index is 0.0368. The summed E-state index contributed by atoms with van der Waals surface area (Å²) in [6, 6.07) is 12.2. The Bertz CT molecular complexity index is 525. The molecule has 0 saturated carbocycles. The van der Waals surface area contributed by atoms with Crippen molar-refractivity contribution in [1.29, 1.82) is 0 Å².